The first-order valence-corrected chi connectivity index (χ1v) is 8.12. The number of fused-ring (bicyclic) bond motifs is 1. The predicted octanol–water partition coefficient (Wildman–Crippen LogP) is 4.90. The van der Waals surface area contributed by atoms with Crippen LogP contribution < -0.4 is 4.57 Å². The van der Waals surface area contributed by atoms with Crippen LogP contribution in [-0.2, 0) is 39.8 Å². The van der Waals surface area contributed by atoms with Gasteiger partial charge in [0.25, 0.3) is 0 Å². The van der Waals surface area contributed by atoms with Gasteiger partial charge in [0, 0.05) is 32.7 Å². The van der Waals surface area contributed by atoms with Gasteiger partial charge in [0.15, 0.2) is 0 Å². The molecular formula is C23H18NY-. The number of rotatable bonds is 2. The summed E-state index contributed by atoms with van der Waals surface area (Å²) in [6, 6.07) is 29.9. The van der Waals surface area contributed by atoms with E-state index in [9.17, 15) is 0 Å². The second-order valence-corrected chi connectivity index (χ2v) is 6.05. The number of hydrogen-bond acceptors (Lipinski definition) is 0. The maximum atomic E-state index is 3.58. The largest absolute Gasteiger partial charge is 0.227 e. The maximum absolute atomic E-state index is 3.58. The molecule has 1 aromatic heterocycles. The molecule has 4 aromatic rings. The number of aromatic nitrogens is 1. The summed E-state index contributed by atoms with van der Waals surface area (Å²) in [6.07, 6.45) is 2.09. The van der Waals surface area contributed by atoms with Crippen molar-refractivity contribution < 1.29 is 37.3 Å². The van der Waals surface area contributed by atoms with Crippen LogP contribution in [0.25, 0.3) is 33.2 Å². The molecule has 4 rings (SSSR count). The third-order valence-corrected chi connectivity index (χ3v) is 4.52. The second kappa shape index (κ2) is 7.60. The summed E-state index contributed by atoms with van der Waals surface area (Å²) >= 11 is 0. The molecule has 0 N–H and O–H groups in total. The Labute approximate surface area is 174 Å². The topological polar surface area (TPSA) is 3.88 Å². The van der Waals surface area contributed by atoms with Crippen molar-refractivity contribution in [3.63, 3.8) is 0 Å². The smallest absolute Gasteiger partial charge is 0.136 e. The van der Waals surface area contributed by atoms with Crippen molar-refractivity contribution in [2.45, 2.75) is 6.92 Å². The van der Waals surface area contributed by atoms with Crippen LogP contribution in [0.4, 0.5) is 0 Å². The Balaban J connectivity index is 0.00000182. The fraction of sp³-hybridized carbons (Fsp3) is 0.0870. The van der Waals surface area contributed by atoms with Crippen molar-refractivity contribution in [3.05, 3.63) is 90.6 Å². The molecule has 0 unspecified atom stereocenters. The summed E-state index contributed by atoms with van der Waals surface area (Å²) in [4.78, 5) is 0. The van der Waals surface area contributed by atoms with E-state index >= 15 is 0 Å². The molecule has 1 nitrogen and oxygen atoms in total. The SMILES string of the molecule is Cc1c(-c2[c-]c(-c3[c-]cccc3)cc[n+]2C)ccc2ccccc12.[Y]. The molecule has 0 aliphatic carbocycles. The van der Waals surface area contributed by atoms with E-state index in [-0.39, 0.29) is 32.7 Å². The quantitative estimate of drug-likeness (QED) is 0.335. The fourth-order valence-electron chi connectivity index (χ4n) is 3.18. The molecule has 3 aromatic carbocycles. The first-order chi connectivity index (χ1) is 11.7. The summed E-state index contributed by atoms with van der Waals surface area (Å²) < 4.78 is 2.13. The Bertz CT molecular complexity index is 1020. The molecule has 1 radical (unpaired) electrons. The van der Waals surface area contributed by atoms with Crippen molar-refractivity contribution in [1.82, 2.24) is 0 Å². The molecular weight excluding hydrogens is 379 g/mol. The molecule has 0 aliphatic heterocycles. The van der Waals surface area contributed by atoms with Crippen LogP contribution in [0.5, 0.6) is 0 Å². The van der Waals surface area contributed by atoms with Crippen molar-refractivity contribution in [2.24, 2.45) is 7.05 Å². The van der Waals surface area contributed by atoms with Gasteiger partial charge in [-0.1, -0.05) is 42.0 Å². The normalized spacial score (nSPS) is 10.5. The number of hydrogen-bond donors (Lipinski definition) is 0. The molecule has 0 saturated heterocycles. The third-order valence-electron chi connectivity index (χ3n) is 4.52. The average molecular weight is 397 g/mol. The number of nitrogens with zero attached hydrogens (tertiary/aromatic N) is 1. The van der Waals surface area contributed by atoms with Crippen LogP contribution in [0, 0.1) is 19.1 Å². The molecule has 0 bridgehead atoms. The van der Waals surface area contributed by atoms with E-state index in [0.29, 0.717) is 0 Å². The van der Waals surface area contributed by atoms with Gasteiger partial charge in [0.05, 0.1) is 0 Å². The third kappa shape index (κ3) is 3.45. The van der Waals surface area contributed by atoms with Crippen molar-refractivity contribution >= 4 is 10.8 Å². The number of aryl methyl sites for hydroxylation is 2. The van der Waals surface area contributed by atoms with Crippen LogP contribution in [-0.4, -0.2) is 0 Å². The van der Waals surface area contributed by atoms with E-state index in [1.807, 2.05) is 18.2 Å². The summed E-state index contributed by atoms with van der Waals surface area (Å²) in [5, 5.41) is 2.56. The molecule has 1 heterocycles. The van der Waals surface area contributed by atoms with Gasteiger partial charge in [0.2, 0.25) is 0 Å². The monoisotopic (exact) mass is 397 g/mol. The van der Waals surface area contributed by atoms with Crippen molar-refractivity contribution in [3.8, 4) is 22.4 Å². The zero-order valence-corrected chi connectivity index (χ0v) is 17.3. The van der Waals surface area contributed by atoms with Gasteiger partial charge in [0.1, 0.15) is 18.9 Å². The number of pyridine rings is 1. The summed E-state index contributed by atoms with van der Waals surface area (Å²) in [5.74, 6) is 0. The van der Waals surface area contributed by atoms with E-state index in [1.54, 1.807) is 0 Å². The van der Waals surface area contributed by atoms with Crippen LogP contribution in [0.2, 0.25) is 0 Å². The van der Waals surface area contributed by atoms with Crippen LogP contribution in [0.1, 0.15) is 5.56 Å². The van der Waals surface area contributed by atoms with E-state index in [1.165, 1.54) is 21.9 Å². The van der Waals surface area contributed by atoms with Crippen LogP contribution in [0.3, 0.4) is 0 Å². The molecule has 25 heavy (non-hydrogen) atoms. The molecule has 2 heteroatoms. The van der Waals surface area contributed by atoms with E-state index in [4.69, 9.17) is 0 Å². The first-order valence-electron chi connectivity index (χ1n) is 8.12. The predicted molar refractivity (Wildman–Crippen MR) is 98.4 cm³/mol. The summed E-state index contributed by atoms with van der Waals surface area (Å²) in [7, 11) is 2.07. The van der Waals surface area contributed by atoms with Crippen LogP contribution >= 0.6 is 0 Å². The van der Waals surface area contributed by atoms with Crippen molar-refractivity contribution in [2.75, 3.05) is 0 Å². The van der Waals surface area contributed by atoms with Gasteiger partial charge in [-0.05, 0) is 23.3 Å². The van der Waals surface area contributed by atoms with E-state index in [2.05, 4.69) is 85.4 Å². The molecule has 0 spiro atoms. The zero-order valence-electron chi connectivity index (χ0n) is 14.5. The molecule has 0 saturated carbocycles. The van der Waals surface area contributed by atoms with E-state index < -0.39 is 0 Å². The Kier molecular flexibility index (Phi) is 5.46. The fourth-order valence-corrected chi connectivity index (χ4v) is 3.18. The molecule has 0 aliphatic rings. The van der Waals surface area contributed by atoms with Gasteiger partial charge in [-0.3, -0.25) is 0 Å². The molecule has 0 fully saturated rings. The zero-order chi connectivity index (χ0) is 16.5. The minimum Gasteiger partial charge on any atom is -0.227 e. The van der Waals surface area contributed by atoms with Gasteiger partial charge in [-0.25, -0.2) is 15.7 Å². The first kappa shape index (κ1) is 18.0. The van der Waals surface area contributed by atoms with Crippen LogP contribution in [0.15, 0.2) is 72.9 Å². The number of benzene rings is 3. The van der Waals surface area contributed by atoms with Gasteiger partial charge < -0.3 is 0 Å². The Morgan fingerprint density at radius 3 is 2.44 bits per heavy atom. The Hall–Kier alpha value is -1.83. The minimum atomic E-state index is 0. The minimum absolute atomic E-state index is 0. The standard InChI is InChI=1S/C23H18N.Y/c1-17-21-11-7-6-10-19(21)12-13-22(17)23-16-20(14-15-24(23)2)18-8-4-3-5-9-18;/h3-8,10-15H,1-2H3;/q-1;. The van der Waals surface area contributed by atoms with Gasteiger partial charge >= 0.3 is 0 Å². The molecule has 119 valence electrons. The second-order valence-electron chi connectivity index (χ2n) is 6.05. The van der Waals surface area contributed by atoms with E-state index in [0.717, 1.165) is 16.8 Å². The Morgan fingerprint density at radius 2 is 1.64 bits per heavy atom. The summed E-state index contributed by atoms with van der Waals surface area (Å²) in [6.45, 7) is 2.19. The van der Waals surface area contributed by atoms with Gasteiger partial charge in [-0.15, -0.1) is 18.2 Å². The maximum Gasteiger partial charge on any atom is 0.136 e. The van der Waals surface area contributed by atoms with Crippen molar-refractivity contribution in [1.29, 1.82) is 0 Å². The van der Waals surface area contributed by atoms with Gasteiger partial charge in [-0.2, -0.15) is 24.3 Å². The molecule has 0 amide bonds. The average Bonchev–Trinajstić information content (AvgIpc) is 2.64. The molecule has 0 atom stereocenters. The summed E-state index contributed by atoms with van der Waals surface area (Å²) in [5.41, 5.74) is 5.73. The Morgan fingerprint density at radius 1 is 0.840 bits per heavy atom.